The van der Waals surface area contributed by atoms with Gasteiger partial charge in [0.25, 0.3) is 5.91 Å². The van der Waals surface area contributed by atoms with E-state index in [0.717, 1.165) is 5.56 Å². The van der Waals surface area contributed by atoms with E-state index < -0.39 is 0 Å². The quantitative estimate of drug-likeness (QED) is 0.610. The molecule has 1 N–H and O–H groups in total. The summed E-state index contributed by atoms with van der Waals surface area (Å²) < 4.78 is 10.4. The number of aromatic nitrogens is 1. The number of aryl methyl sites for hydroxylation is 1. The number of thiazole rings is 1. The van der Waals surface area contributed by atoms with E-state index in [2.05, 4.69) is 10.3 Å². The number of carbonyl (C=O) groups is 3. The van der Waals surface area contributed by atoms with Crippen molar-refractivity contribution in [2.45, 2.75) is 13.3 Å². The van der Waals surface area contributed by atoms with Crippen molar-refractivity contribution >= 4 is 34.2 Å². The summed E-state index contributed by atoms with van der Waals surface area (Å²) in [6, 6.07) is 7.20. The first-order valence-electron chi connectivity index (χ1n) is 10.4. The number of anilines is 1. The van der Waals surface area contributed by atoms with Crippen LogP contribution >= 0.6 is 11.3 Å². The van der Waals surface area contributed by atoms with Crippen molar-refractivity contribution in [3.63, 3.8) is 0 Å². The Kier molecular flexibility index (Phi) is 8.72. The number of ether oxygens (including phenoxy) is 2. The van der Waals surface area contributed by atoms with Crippen LogP contribution in [0.4, 0.5) is 5.13 Å². The van der Waals surface area contributed by atoms with E-state index in [1.165, 1.54) is 16.2 Å². The van der Waals surface area contributed by atoms with Crippen molar-refractivity contribution < 1.29 is 23.9 Å². The number of carbonyl (C=O) groups excluding carboxylic acids is 3. The lowest BCUT2D eigenvalue weighted by Gasteiger charge is -2.26. The van der Waals surface area contributed by atoms with Gasteiger partial charge in [-0.15, -0.1) is 11.3 Å². The third kappa shape index (κ3) is 6.84. The molecule has 3 rings (SSSR count). The maximum absolute atomic E-state index is 12.9. The Labute approximate surface area is 191 Å². The van der Waals surface area contributed by atoms with Crippen LogP contribution in [0.5, 0.6) is 0 Å². The molecule has 1 aliphatic rings. The zero-order valence-corrected chi connectivity index (χ0v) is 19.2. The molecule has 0 bridgehead atoms. The highest BCUT2D eigenvalue weighted by Gasteiger charge is 2.21. The molecule has 0 spiro atoms. The Hall–Kier alpha value is -2.82. The first-order chi connectivity index (χ1) is 15.5. The lowest BCUT2D eigenvalue weighted by Crippen LogP contribution is -2.41. The highest BCUT2D eigenvalue weighted by atomic mass is 32.1. The number of rotatable bonds is 9. The molecule has 32 heavy (non-hydrogen) atoms. The first kappa shape index (κ1) is 23.8. The summed E-state index contributed by atoms with van der Waals surface area (Å²) in [5.41, 5.74) is 2.17. The second-order valence-corrected chi connectivity index (χ2v) is 8.31. The summed E-state index contributed by atoms with van der Waals surface area (Å²) in [5, 5.41) is 4.88. The predicted octanol–water partition coefficient (Wildman–Crippen LogP) is 1.58. The van der Waals surface area contributed by atoms with Crippen molar-refractivity contribution in [2.24, 2.45) is 0 Å². The Bertz CT molecular complexity index is 925. The van der Waals surface area contributed by atoms with Crippen molar-refractivity contribution in [3.8, 4) is 0 Å². The smallest absolute Gasteiger partial charge is 0.254 e. The second-order valence-electron chi connectivity index (χ2n) is 7.45. The molecular formula is C22H28N4O5S. The topological polar surface area (TPSA) is 101 Å². The van der Waals surface area contributed by atoms with Crippen LogP contribution in [0.3, 0.4) is 0 Å². The molecule has 9 nitrogen and oxygen atoms in total. The molecule has 0 unspecified atom stereocenters. The van der Waals surface area contributed by atoms with Crippen LogP contribution in [0.2, 0.25) is 0 Å². The Morgan fingerprint density at radius 2 is 1.94 bits per heavy atom. The van der Waals surface area contributed by atoms with Crippen LogP contribution in [-0.4, -0.2) is 85.6 Å². The summed E-state index contributed by atoms with van der Waals surface area (Å²) in [6.07, 6.45) is 0.179. The number of nitrogens with zero attached hydrogens (tertiary/aromatic N) is 3. The Balaban J connectivity index is 1.56. The summed E-state index contributed by atoms with van der Waals surface area (Å²) in [5.74, 6) is -0.610. The van der Waals surface area contributed by atoms with Gasteiger partial charge in [0.2, 0.25) is 11.8 Å². The van der Waals surface area contributed by atoms with Gasteiger partial charge >= 0.3 is 0 Å². The normalized spacial score (nSPS) is 13.6. The number of nitrogens with one attached hydrogen (secondary N) is 1. The number of hydrogen-bond donors (Lipinski definition) is 1. The molecule has 0 saturated carbocycles. The molecule has 2 aromatic rings. The molecule has 10 heteroatoms. The molecule has 0 atom stereocenters. The molecule has 2 heterocycles. The third-order valence-electron chi connectivity index (χ3n) is 4.98. The fourth-order valence-corrected chi connectivity index (χ4v) is 3.92. The van der Waals surface area contributed by atoms with Gasteiger partial charge in [-0.2, -0.15) is 0 Å². The lowest BCUT2D eigenvalue weighted by atomic mass is 10.1. The molecule has 1 saturated heterocycles. The minimum Gasteiger partial charge on any atom is -0.383 e. The number of amides is 3. The van der Waals surface area contributed by atoms with Crippen LogP contribution in [0.15, 0.2) is 29.6 Å². The van der Waals surface area contributed by atoms with E-state index in [1.807, 2.05) is 19.1 Å². The molecule has 1 aromatic heterocycles. The SMILES string of the molecule is COCCN(CC(=O)Nc1nc(CC(=O)N2CCOCC2)cs1)C(=O)c1ccc(C)cc1. The van der Waals surface area contributed by atoms with E-state index in [4.69, 9.17) is 9.47 Å². The molecule has 172 valence electrons. The predicted molar refractivity (Wildman–Crippen MR) is 121 cm³/mol. The summed E-state index contributed by atoms with van der Waals surface area (Å²) in [7, 11) is 1.55. The summed E-state index contributed by atoms with van der Waals surface area (Å²) in [4.78, 5) is 45.4. The zero-order valence-electron chi connectivity index (χ0n) is 18.3. The third-order valence-corrected chi connectivity index (χ3v) is 5.79. The average molecular weight is 461 g/mol. The number of benzene rings is 1. The number of hydrogen-bond acceptors (Lipinski definition) is 7. The zero-order chi connectivity index (χ0) is 22.9. The highest BCUT2D eigenvalue weighted by Crippen LogP contribution is 2.17. The Morgan fingerprint density at radius 1 is 1.22 bits per heavy atom. The van der Waals surface area contributed by atoms with Gasteiger partial charge in [0.15, 0.2) is 5.13 Å². The molecule has 0 aliphatic carbocycles. The van der Waals surface area contributed by atoms with Gasteiger partial charge < -0.3 is 24.6 Å². The molecular weight excluding hydrogens is 432 g/mol. The van der Waals surface area contributed by atoms with E-state index in [-0.39, 0.29) is 37.2 Å². The first-order valence-corrected chi connectivity index (χ1v) is 11.3. The molecule has 1 fully saturated rings. The molecule has 1 aromatic carbocycles. The molecule has 0 radical (unpaired) electrons. The van der Waals surface area contributed by atoms with Crippen LogP contribution in [-0.2, 0) is 25.5 Å². The van der Waals surface area contributed by atoms with Gasteiger partial charge in [0.05, 0.1) is 31.9 Å². The van der Waals surface area contributed by atoms with Gasteiger partial charge in [-0.3, -0.25) is 14.4 Å². The van der Waals surface area contributed by atoms with E-state index in [1.54, 1.807) is 29.5 Å². The Morgan fingerprint density at radius 3 is 2.62 bits per heavy atom. The number of methoxy groups -OCH3 is 1. The molecule has 1 aliphatic heterocycles. The standard InChI is InChI=1S/C22H28N4O5S/c1-16-3-5-17(6-4-16)21(29)26(7-10-30-2)14-19(27)24-22-23-18(15-32-22)13-20(28)25-8-11-31-12-9-25/h3-6,15H,7-14H2,1-2H3,(H,23,24,27). The van der Waals surface area contributed by atoms with Crippen LogP contribution in [0, 0.1) is 6.92 Å². The summed E-state index contributed by atoms with van der Waals surface area (Å²) in [6.45, 7) is 4.68. The minimum atomic E-state index is -0.359. The van der Waals surface area contributed by atoms with Gasteiger partial charge in [0.1, 0.15) is 6.54 Å². The maximum atomic E-state index is 12.9. The average Bonchev–Trinajstić information content (AvgIpc) is 3.23. The van der Waals surface area contributed by atoms with E-state index >= 15 is 0 Å². The van der Waals surface area contributed by atoms with Crippen molar-refractivity contribution in [1.82, 2.24) is 14.8 Å². The second kappa shape index (κ2) is 11.7. The fraction of sp³-hybridized carbons (Fsp3) is 0.455. The van der Waals surface area contributed by atoms with Gasteiger partial charge in [-0.05, 0) is 19.1 Å². The van der Waals surface area contributed by atoms with Crippen molar-refractivity contribution in [2.75, 3.05) is 58.4 Å². The highest BCUT2D eigenvalue weighted by molar-refractivity contribution is 7.13. The van der Waals surface area contributed by atoms with E-state index in [0.29, 0.717) is 49.3 Å². The number of morpholine rings is 1. The van der Waals surface area contributed by atoms with Gasteiger partial charge in [-0.1, -0.05) is 17.7 Å². The maximum Gasteiger partial charge on any atom is 0.254 e. The van der Waals surface area contributed by atoms with Crippen LogP contribution < -0.4 is 5.32 Å². The van der Waals surface area contributed by atoms with Crippen LogP contribution in [0.1, 0.15) is 21.6 Å². The largest absolute Gasteiger partial charge is 0.383 e. The van der Waals surface area contributed by atoms with Gasteiger partial charge in [0, 0.05) is 37.7 Å². The monoisotopic (exact) mass is 460 g/mol. The molecule has 3 amide bonds. The van der Waals surface area contributed by atoms with Crippen molar-refractivity contribution in [3.05, 3.63) is 46.5 Å². The lowest BCUT2D eigenvalue weighted by molar-refractivity contribution is -0.134. The van der Waals surface area contributed by atoms with Crippen LogP contribution in [0.25, 0.3) is 0 Å². The summed E-state index contributed by atoms with van der Waals surface area (Å²) >= 11 is 1.25. The van der Waals surface area contributed by atoms with Crippen molar-refractivity contribution in [1.29, 1.82) is 0 Å². The van der Waals surface area contributed by atoms with E-state index in [9.17, 15) is 14.4 Å². The van der Waals surface area contributed by atoms with Gasteiger partial charge in [-0.25, -0.2) is 4.98 Å². The minimum absolute atomic E-state index is 0.00841. The fourth-order valence-electron chi connectivity index (χ4n) is 3.19.